The molecule has 0 radical (unpaired) electrons. The van der Waals surface area contributed by atoms with E-state index in [0.717, 1.165) is 6.07 Å². The quantitative estimate of drug-likeness (QED) is 0.393. The molecule has 9 heteroatoms. The summed E-state index contributed by atoms with van der Waals surface area (Å²) in [6.45, 7) is 6.05. The largest absolute Gasteiger partial charge is 0.394 e. The van der Waals surface area contributed by atoms with Crippen LogP contribution in [0.15, 0.2) is 18.3 Å². The van der Waals surface area contributed by atoms with E-state index in [1.165, 1.54) is 16.8 Å². The van der Waals surface area contributed by atoms with Gasteiger partial charge >= 0.3 is 0 Å². The van der Waals surface area contributed by atoms with Crippen molar-refractivity contribution in [2.45, 2.75) is 33.2 Å². The van der Waals surface area contributed by atoms with E-state index in [0.29, 0.717) is 16.9 Å². The van der Waals surface area contributed by atoms with Crippen LogP contribution in [0.3, 0.4) is 0 Å². The molecule has 2 aromatic heterocycles. The number of nitrogens with zero attached hydrogens (tertiary/aromatic N) is 2. The number of anilines is 1. The van der Waals surface area contributed by atoms with Crippen molar-refractivity contribution < 1.29 is 23.9 Å². The highest BCUT2D eigenvalue weighted by molar-refractivity contribution is 6.43. The molecule has 3 N–H and O–H groups in total. The number of rotatable bonds is 6. The Kier molecular flexibility index (Phi) is 5.98. The van der Waals surface area contributed by atoms with E-state index < -0.39 is 29.1 Å². The van der Waals surface area contributed by atoms with Crippen LogP contribution in [0.4, 0.5) is 10.1 Å². The molecule has 0 unspecified atom stereocenters. The third-order valence-electron chi connectivity index (χ3n) is 4.41. The predicted octanol–water partition coefficient (Wildman–Crippen LogP) is 1.50. The average Bonchev–Trinajstić information content (AvgIpc) is 2.85. The summed E-state index contributed by atoms with van der Waals surface area (Å²) in [5, 5.41) is 14.3. The minimum Gasteiger partial charge on any atom is -0.394 e. The Balaban J connectivity index is 2.34. The number of ketones is 1. The van der Waals surface area contributed by atoms with Crippen LogP contribution in [0.1, 0.15) is 46.0 Å². The molecular formula is C19H23FN4O4. The lowest BCUT2D eigenvalue weighted by Gasteiger charge is -2.23. The van der Waals surface area contributed by atoms with Crippen molar-refractivity contribution in [2.24, 2.45) is 7.05 Å². The number of hydrogen-bond donors (Lipinski definition) is 3. The van der Waals surface area contributed by atoms with Crippen molar-refractivity contribution in [3.05, 3.63) is 46.8 Å². The first kappa shape index (κ1) is 21.2. The number of aliphatic hydroxyl groups is 1. The molecule has 0 saturated heterocycles. The maximum absolute atomic E-state index is 12.9. The van der Waals surface area contributed by atoms with E-state index in [1.54, 1.807) is 34.7 Å². The number of carbonyl (C=O) groups is 3. The van der Waals surface area contributed by atoms with Gasteiger partial charge in [-0.3, -0.25) is 14.4 Å². The van der Waals surface area contributed by atoms with Gasteiger partial charge in [0.1, 0.15) is 0 Å². The fraction of sp³-hybridized carbons (Fsp3) is 0.368. The Morgan fingerprint density at radius 3 is 2.43 bits per heavy atom. The molecule has 2 rings (SSSR count). The molecule has 150 valence electrons. The second-order valence-corrected chi connectivity index (χ2v) is 7.14. The number of Topliss-reactive ketones (excluding diaryl/α,β-unsaturated/α-hetero) is 1. The van der Waals surface area contributed by atoms with Gasteiger partial charge in [-0.05, 0) is 45.4 Å². The summed E-state index contributed by atoms with van der Waals surface area (Å²) in [6, 6.07) is 2.48. The molecule has 0 atom stereocenters. The molecule has 0 aliphatic rings. The molecule has 8 nitrogen and oxygen atoms in total. The summed E-state index contributed by atoms with van der Waals surface area (Å²) in [5.74, 6) is -2.87. The number of hydrogen-bond acceptors (Lipinski definition) is 5. The van der Waals surface area contributed by atoms with Gasteiger partial charge in [0.2, 0.25) is 5.95 Å². The number of nitrogens with one attached hydrogen (secondary N) is 2. The van der Waals surface area contributed by atoms with E-state index in [1.807, 2.05) is 0 Å². The maximum Gasteiger partial charge on any atom is 0.294 e. The first-order valence-electron chi connectivity index (χ1n) is 8.55. The number of aliphatic hydroxyl groups excluding tert-OH is 1. The summed E-state index contributed by atoms with van der Waals surface area (Å²) in [7, 11) is 1.58. The number of carbonyl (C=O) groups excluding carboxylic acids is 3. The van der Waals surface area contributed by atoms with Gasteiger partial charge in [0.05, 0.1) is 35.3 Å². The first-order chi connectivity index (χ1) is 13.0. The van der Waals surface area contributed by atoms with Crippen LogP contribution in [-0.4, -0.2) is 44.4 Å². The van der Waals surface area contributed by atoms with Crippen LogP contribution in [0.5, 0.6) is 0 Å². The zero-order chi connectivity index (χ0) is 21.2. The zero-order valence-corrected chi connectivity index (χ0v) is 16.4. The van der Waals surface area contributed by atoms with E-state index in [9.17, 15) is 23.9 Å². The van der Waals surface area contributed by atoms with Crippen molar-refractivity contribution in [1.29, 1.82) is 0 Å². The Morgan fingerprint density at radius 1 is 1.25 bits per heavy atom. The van der Waals surface area contributed by atoms with Gasteiger partial charge in [-0.1, -0.05) is 0 Å². The molecule has 0 aromatic carbocycles. The van der Waals surface area contributed by atoms with Gasteiger partial charge in [0, 0.05) is 12.7 Å². The minimum absolute atomic E-state index is 0.0751. The highest BCUT2D eigenvalue weighted by Gasteiger charge is 2.31. The van der Waals surface area contributed by atoms with Gasteiger partial charge in [0.25, 0.3) is 17.6 Å². The molecule has 2 amide bonds. The molecule has 0 spiro atoms. The lowest BCUT2D eigenvalue weighted by molar-refractivity contribution is -0.119. The smallest absolute Gasteiger partial charge is 0.294 e. The summed E-state index contributed by atoms with van der Waals surface area (Å²) < 4.78 is 14.4. The fourth-order valence-electron chi connectivity index (χ4n) is 2.79. The molecule has 0 aliphatic heterocycles. The normalized spacial score (nSPS) is 11.2. The Morgan fingerprint density at radius 2 is 1.89 bits per heavy atom. The van der Waals surface area contributed by atoms with Gasteiger partial charge < -0.3 is 20.3 Å². The van der Waals surface area contributed by atoms with Crippen LogP contribution in [-0.2, 0) is 11.8 Å². The van der Waals surface area contributed by atoms with Gasteiger partial charge in [-0.15, -0.1) is 0 Å². The number of amides is 2. The fourth-order valence-corrected chi connectivity index (χ4v) is 2.79. The minimum atomic E-state index is -0.962. The number of aromatic nitrogens is 2. The third kappa shape index (κ3) is 4.25. The molecule has 0 saturated carbocycles. The topological polar surface area (TPSA) is 113 Å². The van der Waals surface area contributed by atoms with Crippen LogP contribution >= 0.6 is 0 Å². The molecular weight excluding hydrogens is 367 g/mol. The Bertz CT molecular complexity index is 932. The molecule has 2 aromatic rings. The van der Waals surface area contributed by atoms with E-state index in [-0.39, 0.29) is 17.9 Å². The van der Waals surface area contributed by atoms with E-state index in [4.69, 9.17) is 0 Å². The van der Waals surface area contributed by atoms with E-state index >= 15 is 0 Å². The molecule has 2 heterocycles. The maximum atomic E-state index is 12.9. The monoisotopic (exact) mass is 390 g/mol. The van der Waals surface area contributed by atoms with Crippen molar-refractivity contribution in [2.75, 3.05) is 11.9 Å². The van der Waals surface area contributed by atoms with Crippen LogP contribution in [0, 0.1) is 19.8 Å². The Labute approximate surface area is 161 Å². The van der Waals surface area contributed by atoms with Crippen LogP contribution in [0.2, 0.25) is 0 Å². The van der Waals surface area contributed by atoms with Gasteiger partial charge in [-0.2, -0.15) is 4.39 Å². The SMILES string of the molecule is Cc1c(C(=O)Nc2ccc(F)nc2)c(C)n(C)c1C(=O)C(=O)NC(C)(C)CO. The highest BCUT2D eigenvalue weighted by Crippen LogP contribution is 2.23. The predicted molar refractivity (Wildman–Crippen MR) is 101 cm³/mol. The molecule has 0 aliphatic carbocycles. The molecule has 0 bridgehead atoms. The van der Waals surface area contributed by atoms with Crippen LogP contribution in [0.25, 0.3) is 0 Å². The van der Waals surface area contributed by atoms with Crippen LogP contribution < -0.4 is 10.6 Å². The summed E-state index contributed by atoms with van der Waals surface area (Å²) >= 11 is 0. The third-order valence-corrected chi connectivity index (χ3v) is 4.41. The van der Waals surface area contributed by atoms with Crippen molar-refractivity contribution >= 4 is 23.3 Å². The Hall–Kier alpha value is -3.07. The average molecular weight is 390 g/mol. The van der Waals surface area contributed by atoms with Crippen molar-refractivity contribution in [1.82, 2.24) is 14.9 Å². The van der Waals surface area contributed by atoms with E-state index in [2.05, 4.69) is 15.6 Å². The second kappa shape index (κ2) is 7.89. The van der Waals surface area contributed by atoms with Gasteiger partial charge in [0.15, 0.2) is 0 Å². The lowest BCUT2D eigenvalue weighted by Crippen LogP contribution is -2.49. The zero-order valence-electron chi connectivity index (χ0n) is 16.4. The molecule has 0 fully saturated rings. The molecule has 28 heavy (non-hydrogen) atoms. The lowest BCUT2D eigenvalue weighted by atomic mass is 10.0. The number of pyridine rings is 1. The van der Waals surface area contributed by atoms with Crippen molar-refractivity contribution in [3.8, 4) is 0 Å². The summed E-state index contributed by atoms with van der Waals surface area (Å²) in [6.07, 6.45) is 1.18. The summed E-state index contributed by atoms with van der Waals surface area (Å²) in [5.41, 5.74) is 0.480. The van der Waals surface area contributed by atoms with Gasteiger partial charge in [-0.25, -0.2) is 4.98 Å². The summed E-state index contributed by atoms with van der Waals surface area (Å²) in [4.78, 5) is 41.1. The number of halogens is 1. The second-order valence-electron chi connectivity index (χ2n) is 7.14. The standard InChI is InChI=1S/C19H23FN4O4/c1-10-14(17(27)22-12-6-7-13(20)21-8-12)11(2)24(5)15(10)16(26)18(28)23-19(3,4)9-25/h6-8,25H,9H2,1-5H3,(H,22,27)(H,23,28). The highest BCUT2D eigenvalue weighted by atomic mass is 19.1. The van der Waals surface area contributed by atoms with Crippen molar-refractivity contribution in [3.63, 3.8) is 0 Å². The first-order valence-corrected chi connectivity index (χ1v) is 8.55.